The zero-order valence-electron chi connectivity index (χ0n) is 48.1. The molecule has 7 unspecified atom stereocenters. The molecule has 0 bridgehead atoms. The fraction of sp³-hybridized carbons (Fsp3) is 0.905. The molecule has 0 saturated carbocycles. The zero-order chi connectivity index (χ0) is 53.8. The van der Waals surface area contributed by atoms with Crippen molar-refractivity contribution in [3.63, 3.8) is 0 Å². The molecular formula is C63H119NO10. The van der Waals surface area contributed by atoms with E-state index in [9.17, 15) is 35.1 Å². The maximum atomic E-state index is 13.0. The standard InChI is InChI=1S/C63H119NO10/c1-3-5-7-9-11-13-14-15-16-17-22-25-28-31-35-39-43-47-51-59(68)72-52-48-44-40-36-32-29-26-23-20-18-19-21-24-27-30-34-38-42-46-50-58(67)64-55(56(66)49-45-41-37-33-12-10-8-6-4-2)54-73-63-62(71)61(70)60(69)57(53-65)74-63/h18-19,45,49,55-57,60-63,65-66,69-71H,3-17,20-44,46-48,50-54H2,1-2H3,(H,64,67)/b19-18-,49-45+. The Morgan fingerprint density at radius 2 is 0.865 bits per heavy atom. The molecule has 11 nitrogen and oxygen atoms in total. The lowest BCUT2D eigenvalue weighted by Gasteiger charge is -2.40. The third-order valence-corrected chi connectivity index (χ3v) is 15.1. The maximum absolute atomic E-state index is 13.0. The Kier molecular flexibility index (Phi) is 50.4. The van der Waals surface area contributed by atoms with Gasteiger partial charge in [-0.25, -0.2) is 0 Å². The molecule has 0 aromatic heterocycles. The molecular weight excluding hydrogens is 931 g/mol. The van der Waals surface area contributed by atoms with Crippen molar-refractivity contribution in [3.8, 4) is 0 Å². The van der Waals surface area contributed by atoms with E-state index in [1.54, 1.807) is 6.08 Å². The molecule has 7 atom stereocenters. The topological polar surface area (TPSA) is 175 Å². The quantitative estimate of drug-likeness (QED) is 0.0195. The van der Waals surface area contributed by atoms with Gasteiger partial charge in [0.05, 0.1) is 32.0 Å². The van der Waals surface area contributed by atoms with E-state index in [1.807, 2.05) is 6.08 Å². The van der Waals surface area contributed by atoms with Crippen LogP contribution in [0.1, 0.15) is 303 Å². The number of carbonyl (C=O) groups is 2. The summed E-state index contributed by atoms with van der Waals surface area (Å²) in [4.78, 5) is 25.1. The van der Waals surface area contributed by atoms with Crippen molar-refractivity contribution in [2.45, 2.75) is 346 Å². The summed E-state index contributed by atoms with van der Waals surface area (Å²) < 4.78 is 16.7. The first kappa shape index (κ1) is 70.2. The van der Waals surface area contributed by atoms with Crippen LogP contribution in [0.5, 0.6) is 0 Å². The lowest BCUT2D eigenvalue weighted by Crippen LogP contribution is -2.60. The highest BCUT2D eigenvalue weighted by atomic mass is 16.7. The summed E-state index contributed by atoms with van der Waals surface area (Å²) in [5.74, 6) is -0.199. The number of carbonyl (C=O) groups excluding carboxylic acids is 2. The lowest BCUT2D eigenvalue weighted by molar-refractivity contribution is -0.302. The summed E-state index contributed by atoms with van der Waals surface area (Å²) in [5.41, 5.74) is 0. The molecule has 0 aliphatic carbocycles. The molecule has 0 aromatic rings. The van der Waals surface area contributed by atoms with Gasteiger partial charge in [0.15, 0.2) is 6.29 Å². The molecule has 0 aromatic carbocycles. The van der Waals surface area contributed by atoms with Crippen molar-refractivity contribution in [1.82, 2.24) is 5.32 Å². The molecule has 0 radical (unpaired) electrons. The summed E-state index contributed by atoms with van der Waals surface area (Å²) in [6.07, 6.45) is 54.4. The van der Waals surface area contributed by atoms with Gasteiger partial charge in [-0.2, -0.15) is 0 Å². The van der Waals surface area contributed by atoms with Crippen molar-refractivity contribution >= 4 is 11.9 Å². The molecule has 1 rings (SSSR count). The second kappa shape index (κ2) is 53.2. The Hall–Kier alpha value is -1.86. The van der Waals surface area contributed by atoms with Crippen LogP contribution in [-0.4, -0.2) is 100 Å². The number of allylic oxidation sites excluding steroid dienone is 3. The fourth-order valence-corrected chi connectivity index (χ4v) is 10.0. The fourth-order valence-electron chi connectivity index (χ4n) is 10.0. The third-order valence-electron chi connectivity index (χ3n) is 15.1. The van der Waals surface area contributed by atoms with Gasteiger partial charge in [0, 0.05) is 12.8 Å². The van der Waals surface area contributed by atoms with Crippen LogP contribution >= 0.6 is 0 Å². The highest BCUT2D eigenvalue weighted by Crippen LogP contribution is 2.23. The number of aliphatic hydroxyl groups is 5. The average Bonchev–Trinajstić information content (AvgIpc) is 3.40. The monoisotopic (exact) mass is 1050 g/mol. The summed E-state index contributed by atoms with van der Waals surface area (Å²) >= 11 is 0. The van der Waals surface area contributed by atoms with Crippen molar-refractivity contribution in [2.75, 3.05) is 19.8 Å². The van der Waals surface area contributed by atoms with Crippen LogP contribution in [0.2, 0.25) is 0 Å². The molecule has 11 heteroatoms. The van der Waals surface area contributed by atoms with Crippen molar-refractivity contribution in [1.29, 1.82) is 0 Å². The molecule has 1 amide bonds. The Labute approximate surface area is 454 Å². The van der Waals surface area contributed by atoms with Gasteiger partial charge in [-0.3, -0.25) is 9.59 Å². The number of unbranched alkanes of at least 4 members (excludes halogenated alkanes) is 39. The molecule has 6 N–H and O–H groups in total. The van der Waals surface area contributed by atoms with E-state index >= 15 is 0 Å². The van der Waals surface area contributed by atoms with Crippen LogP contribution in [-0.2, 0) is 23.8 Å². The van der Waals surface area contributed by atoms with E-state index in [1.165, 1.54) is 199 Å². The van der Waals surface area contributed by atoms with Crippen molar-refractivity contribution < 1.29 is 49.3 Å². The van der Waals surface area contributed by atoms with E-state index in [-0.39, 0.29) is 18.5 Å². The van der Waals surface area contributed by atoms with E-state index in [0.29, 0.717) is 19.4 Å². The first-order valence-electron chi connectivity index (χ1n) is 31.6. The van der Waals surface area contributed by atoms with Crippen molar-refractivity contribution in [2.24, 2.45) is 0 Å². The highest BCUT2D eigenvalue weighted by Gasteiger charge is 2.44. The molecule has 1 fully saturated rings. The first-order valence-corrected chi connectivity index (χ1v) is 31.6. The predicted octanol–water partition coefficient (Wildman–Crippen LogP) is 14.9. The van der Waals surface area contributed by atoms with Gasteiger partial charge in [0.25, 0.3) is 0 Å². The number of esters is 1. The van der Waals surface area contributed by atoms with Crippen LogP contribution in [0, 0.1) is 0 Å². The normalized spacial score (nSPS) is 18.9. The molecule has 1 saturated heterocycles. The minimum absolute atomic E-state index is 0.00636. The number of aliphatic hydroxyl groups excluding tert-OH is 5. The van der Waals surface area contributed by atoms with Gasteiger partial charge in [0.2, 0.25) is 5.91 Å². The lowest BCUT2D eigenvalue weighted by atomic mass is 9.99. The SMILES string of the molecule is CCCCCCCCC/C=C/C(O)C(COC1OC(CO)C(O)C(O)C1O)NC(=O)CCCCCCCCC/C=C\CCCCCCCCCCOC(=O)CCCCCCCCCCCCCCCCCCCC. The Morgan fingerprint density at radius 3 is 1.30 bits per heavy atom. The molecule has 1 aliphatic heterocycles. The largest absolute Gasteiger partial charge is 0.466 e. The van der Waals surface area contributed by atoms with Gasteiger partial charge >= 0.3 is 5.97 Å². The minimum atomic E-state index is -1.57. The number of ether oxygens (including phenoxy) is 3. The third kappa shape index (κ3) is 42.2. The highest BCUT2D eigenvalue weighted by molar-refractivity contribution is 5.76. The molecule has 1 aliphatic rings. The molecule has 74 heavy (non-hydrogen) atoms. The second-order valence-electron chi connectivity index (χ2n) is 22.1. The average molecular weight is 1050 g/mol. The van der Waals surface area contributed by atoms with Gasteiger partial charge in [0.1, 0.15) is 24.4 Å². The van der Waals surface area contributed by atoms with Gasteiger partial charge in [-0.1, -0.05) is 256 Å². The molecule has 1 heterocycles. The number of rotatable bonds is 55. The van der Waals surface area contributed by atoms with Crippen LogP contribution in [0.15, 0.2) is 24.3 Å². The summed E-state index contributed by atoms with van der Waals surface area (Å²) in [6.45, 7) is 4.31. The Bertz CT molecular complexity index is 1280. The Balaban J connectivity index is 1.99. The smallest absolute Gasteiger partial charge is 0.305 e. The van der Waals surface area contributed by atoms with E-state index < -0.39 is 49.5 Å². The number of hydrogen-bond acceptors (Lipinski definition) is 10. The summed E-state index contributed by atoms with van der Waals surface area (Å²) in [6, 6.07) is -0.815. The van der Waals surface area contributed by atoms with Gasteiger partial charge < -0.3 is 45.1 Å². The summed E-state index contributed by atoms with van der Waals surface area (Å²) in [5, 5.41) is 54.2. The molecule has 436 valence electrons. The van der Waals surface area contributed by atoms with E-state index in [2.05, 4.69) is 31.3 Å². The second-order valence-corrected chi connectivity index (χ2v) is 22.1. The summed E-state index contributed by atoms with van der Waals surface area (Å²) in [7, 11) is 0. The van der Waals surface area contributed by atoms with Crippen LogP contribution in [0.3, 0.4) is 0 Å². The maximum Gasteiger partial charge on any atom is 0.305 e. The predicted molar refractivity (Wildman–Crippen MR) is 306 cm³/mol. The van der Waals surface area contributed by atoms with E-state index in [4.69, 9.17) is 14.2 Å². The van der Waals surface area contributed by atoms with Crippen LogP contribution in [0.25, 0.3) is 0 Å². The Morgan fingerprint density at radius 1 is 0.486 bits per heavy atom. The minimum Gasteiger partial charge on any atom is -0.466 e. The van der Waals surface area contributed by atoms with Gasteiger partial charge in [-0.05, 0) is 57.8 Å². The van der Waals surface area contributed by atoms with Gasteiger partial charge in [-0.15, -0.1) is 0 Å². The van der Waals surface area contributed by atoms with Crippen LogP contribution < -0.4 is 5.32 Å². The number of nitrogens with one attached hydrogen (secondary N) is 1. The zero-order valence-corrected chi connectivity index (χ0v) is 48.1. The molecule has 0 spiro atoms. The van der Waals surface area contributed by atoms with Crippen molar-refractivity contribution in [3.05, 3.63) is 24.3 Å². The van der Waals surface area contributed by atoms with Crippen LogP contribution in [0.4, 0.5) is 0 Å². The number of amides is 1. The number of hydrogen-bond donors (Lipinski definition) is 6. The first-order chi connectivity index (χ1) is 36.2. The van der Waals surface area contributed by atoms with E-state index in [0.717, 1.165) is 77.0 Å².